The average Bonchev–Trinajstić information content (AvgIpc) is 2.95. The summed E-state index contributed by atoms with van der Waals surface area (Å²) >= 11 is 0. The molecule has 2 N–H and O–H groups in total. The standard InChI is InChI=1S/C18H23N3O2/c1-12(22)21-10-5-14-15-11-13(23-2)3-4-16(15)20-17(14)18(21)6-8-19-9-7-18/h3-4,11,19-20H,5-10H2,1-2H3. The van der Waals surface area contributed by atoms with Crippen LogP contribution in [0.1, 0.15) is 31.0 Å². The Bertz CT molecular complexity index is 759. The molecule has 4 rings (SSSR count). The number of nitrogens with one attached hydrogen (secondary N) is 2. The van der Waals surface area contributed by atoms with Crippen LogP contribution in [0.3, 0.4) is 0 Å². The topological polar surface area (TPSA) is 57.4 Å². The van der Waals surface area contributed by atoms with Crippen molar-refractivity contribution in [2.45, 2.75) is 31.7 Å². The Balaban J connectivity index is 1.92. The second-order valence-electron chi connectivity index (χ2n) is 6.59. The molecule has 23 heavy (non-hydrogen) atoms. The van der Waals surface area contributed by atoms with E-state index in [9.17, 15) is 4.79 Å². The highest BCUT2D eigenvalue weighted by Gasteiger charge is 2.46. The Kier molecular flexibility index (Phi) is 3.34. The third-order valence-corrected chi connectivity index (χ3v) is 5.49. The highest BCUT2D eigenvalue weighted by atomic mass is 16.5. The normalized spacial score (nSPS) is 19.8. The van der Waals surface area contributed by atoms with Crippen molar-refractivity contribution < 1.29 is 9.53 Å². The molecule has 1 saturated heterocycles. The number of carbonyl (C=O) groups excluding carboxylic acids is 1. The molecule has 0 radical (unpaired) electrons. The number of fused-ring (bicyclic) bond motifs is 4. The largest absolute Gasteiger partial charge is 0.497 e. The minimum atomic E-state index is -0.184. The van der Waals surface area contributed by atoms with Crippen LogP contribution in [0.25, 0.3) is 10.9 Å². The van der Waals surface area contributed by atoms with E-state index >= 15 is 0 Å². The molecule has 5 heteroatoms. The SMILES string of the molecule is COc1ccc2[nH]c3c(c2c1)CCN(C(C)=O)C31CCNCC1. The second kappa shape index (κ2) is 5.27. The first-order chi connectivity index (χ1) is 11.2. The Morgan fingerprint density at radius 1 is 1.30 bits per heavy atom. The first-order valence-corrected chi connectivity index (χ1v) is 8.34. The molecule has 3 heterocycles. The number of methoxy groups -OCH3 is 1. The van der Waals surface area contributed by atoms with Crippen molar-refractivity contribution in [2.24, 2.45) is 0 Å². The molecule has 2 aliphatic heterocycles. The fraction of sp³-hybridized carbons (Fsp3) is 0.500. The summed E-state index contributed by atoms with van der Waals surface area (Å²) in [7, 11) is 1.70. The van der Waals surface area contributed by atoms with E-state index in [0.29, 0.717) is 0 Å². The van der Waals surface area contributed by atoms with E-state index in [0.717, 1.165) is 50.2 Å². The van der Waals surface area contributed by atoms with E-state index < -0.39 is 0 Å². The van der Waals surface area contributed by atoms with E-state index in [-0.39, 0.29) is 11.4 Å². The Labute approximate surface area is 136 Å². The van der Waals surface area contributed by atoms with E-state index in [4.69, 9.17) is 4.74 Å². The molecular formula is C18H23N3O2. The zero-order valence-electron chi connectivity index (χ0n) is 13.7. The van der Waals surface area contributed by atoms with Gasteiger partial charge in [-0.05, 0) is 56.1 Å². The van der Waals surface area contributed by atoms with Crippen molar-refractivity contribution in [3.05, 3.63) is 29.5 Å². The number of benzene rings is 1. The number of H-pyrrole nitrogens is 1. The molecule has 122 valence electrons. The quantitative estimate of drug-likeness (QED) is 0.848. The Morgan fingerprint density at radius 3 is 2.78 bits per heavy atom. The highest BCUT2D eigenvalue weighted by molar-refractivity contribution is 5.87. The number of piperidine rings is 1. The third-order valence-electron chi connectivity index (χ3n) is 5.49. The molecule has 0 aliphatic carbocycles. The summed E-state index contributed by atoms with van der Waals surface area (Å²) in [6, 6.07) is 6.18. The van der Waals surface area contributed by atoms with Gasteiger partial charge in [0.25, 0.3) is 0 Å². The number of nitrogens with zero attached hydrogens (tertiary/aromatic N) is 1. The lowest BCUT2D eigenvalue weighted by atomic mass is 9.78. The fourth-order valence-electron chi connectivity index (χ4n) is 4.40. The minimum absolute atomic E-state index is 0.175. The van der Waals surface area contributed by atoms with Crippen molar-refractivity contribution in [1.82, 2.24) is 15.2 Å². The number of hydrogen-bond acceptors (Lipinski definition) is 3. The number of amides is 1. The van der Waals surface area contributed by atoms with Crippen LogP contribution in [0, 0.1) is 0 Å². The fourth-order valence-corrected chi connectivity index (χ4v) is 4.40. The molecule has 1 spiro atoms. The number of aromatic amines is 1. The van der Waals surface area contributed by atoms with Crippen LogP contribution >= 0.6 is 0 Å². The van der Waals surface area contributed by atoms with Gasteiger partial charge in [0.2, 0.25) is 5.91 Å². The van der Waals surface area contributed by atoms with Crippen LogP contribution in [-0.2, 0) is 16.8 Å². The van der Waals surface area contributed by atoms with Crippen LogP contribution in [0.4, 0.5) is 0 Å². The number of hydrogen-bond donors (Lipinski definition) is 2. The van der Waals surface area contributed by atoms with Crippen molar-refractivity contribution in [1.29, 1.82) is 0 Å². The molecule has 1 aromatic carbocycles. The summed E-state index contributed by atoms with van der Waals surface area (Å²) in [6.45, 7) is 4.39. The van der Waals surface area contributed by atoms with Gasteiger partial charge < -0.3 is 19.9 Å². The zero-order chi connectivity index (χ0) is 16.0. The maximum Gasteiger partial charge on any atom is 0.220 e. The van der Waals surface area contributed by atoms with Gasteiger partial charge in [0, 0.05) is 30.1 Å². The zero-order valence-corrected chi connectivity index (χ0v) is 13.7. The van der Waals surface area contributed by atoms with Gasteiger partial charge in [-0.15, -0.1) is 0 Å². The molecule has 0 atom stereocenters. The van der Waals surface area contributed by atoms with Crippen LogP contribution in [0.5, 0.6) is 5.75 Å². The first kappa shape index (κ1) is 14.6. The van der Waals surface area contributed by atoms with Crippen molar-refractivity contribution >= 4 is 16.8 Å². The Hall–Kier alpha value is -2.01. The molecule has 5 nitrogen and oxygen atoms in total. The van der Waals surface area contributed by atoms with Gasteiger partial charge in [-0.1, -0.05) is 0 Å². The summed E-state index contributed by atoms with van der Waals surface area (Å²) in [5.74, 6) is 1.06. The van der Waals surface area contributed by atoms with Crippen LogP contribution in [0.15, 0.2) is 18.2 Å². The molecule has 0 unspecified atom stereocenters. The number of ether oxygens (including phenoxy) is 1. The van der Waals surface area contributed by atoms with Crippen molar-refractivity contribution in [2.75, 3.05) is 26.7 Å². The van der Waals surface area contributed by atoms with E-state index in [1.54, 1.807) is 14.0 Å². The Morgan fingerprint density at radius 2 is 2.09 bits per heavy atom. The molecule has 2 aromatic rings. The predicted octanol–water partition coefficient (Wildman–Crippen LogP) is 2.16. The molecular weight excluding hydrogens is 290 g/mol. The molecule has 1 amide bonds. The predicted molar refractivity (Wildman–Crippen MR) is 89.7 cm³/mol. The summed E-state index contributed by atoms with van der Waals surface area (Å²) in [5.41, 5.74) is 3.55. The highest BCUT2D eigenvalue weighted by Crippen LogP contribution is 2.44. The summed E-state index contributed by atoms with van der Waals surface area (Å²) < 4.78 is 5.39. The van der Waals surface area contributed by atoms with Gasteiger partial charge in [0.05, 0.1) is 12.6 Å². The maximum atomic E-state index is 12.3. The van der Waals surface area contributed by atoms with Gasteiger partial charge in [-0.2, -0.15) is 0 Å². The van der Waals surface area contributed by atoms with E-state index in [2.05, 4.69) is 27.3 Å². The number of rotatable bonds is 1. The van der Waals surface area contributed by atoms with Crippen LogP contribution in [-0.4, -0.2) is 42.5 Å². The van der Waals surface area contributed by atoms with E-state index in [1.165, 1.54) is 16.6 Å². The lowest BCUT2D eigenvalue weighted by Gasteiger charge is -2.49. The monoisotopic (exact) mass is 313 g/mol. The van der Waals surface area contributed by atoms with Gasteiger partial charge in [0.15, 0.2) is 0 Å². The summed E-state index contributed by atoms with van der Waals surface area (Å²) in [4.78, 5) is 18.0. The molecule has 1 fully saturated rings. The molecule has 0 saturated carbocycles. The smallest absolute Gasteiger partial charge is 0.220 e. The van der Waals surface area contributed by atoms with Gasteiger partial charge >= 0.3 is 0 Å². The van der Waals surface area contributed by atoms with Crippen LogP contribution in [0.2, 0.25) is 0 Å². The summed E-state index contributed by atoms with van der Waals surface area (Å²) in [5, 5.41) is 4.66. The number of aromatic nitrogens is 1. The van der Waals surface area contributed by atoms with Crippen molar-refractivity contribution in [3.63, 3.8) is 0 Å². The van der Waals surface area contributed by atoms with E-state index in [1.807, 2.05) is 6.07 Å². The number of carbonyl (C=O) groups is 1. The lowest BCUT2D eigenvalue weighted by molar-refractivity contribution is -0.138. The minimum Gasteiger partial charge on any atom is -0.497 e. The van der Waals surface area contributed by atoms with Gasteiger partial charge in [-0.3, -0.25) is 4.79 Å². The van der Waals surface area contributed by atoms with Gasteiger partial charge in [0.1, 0.15) is 5.75 Å². The third kappa shape index (κ3) is 2.06. The molecule has 0 bridgehead atoms. The molecule has 1 aromatic heterocycles. The van der Waals surface area contributed by atoms with Crippen molar-refractivity contribution in [3.8, 4) is 5.75 Å². The lowest BCUT2D eigenvalue weighted by Crippen LogP contribution is -2.57. The first-order valence-electron chi connectivity index (χ1n) is 8.34. The maximum absolute atomic E-state index is 12.3. The second-order valence-corrected chi connectivity index (χ2v) is 6.59. The van der Waals surface area contributed by atoms with Crippen LogP contribution < -0.4 is 10.1 Å². The summed E-state index contributed by atoms with van der Waals surface area (Å²) in [6.07, 6.45) is 2.82. The molecule has 2 aliphatic rings. The van der Waals surface area contributed by atoms with Gasteiger partial charge in [-0.25, -0.2) is 0 Å². The average molecular weight is 313 g/mol.